The summed E-state index contributed by atoms with van der Waals surface area (Å²) in [5.41, 5.74) is 5.21. The number of amides is 1. The Kier molecular flexibility index (Phi) is 17.8. The molecule has 0 saturated heterocycles. The number of carbonyl (C=O) groups excluding carboxylic acids is 3. The highest BCUT2D eigenvalue weighted by Crippen LogP contribution is 2.07. The first-order valence-electron chi connectivity index (χ1n) is 7.93. The summed E-state index contributed by atoms with van der Waals surface area (Å²) in [5, 5.41) is 20.8. The van der Waals surface area contributed by atoms with Crippen molar-refractivity contribution in [1.29, 1.82) is 0 Å². The highest BCUT2D eigenvalue weighted by atomic mass is 35.5. The number of hydrogen-bond acceptors (Lipinski definition) is 6. The molecule has 4 N–H and O–H groups in total. The molecule has 0 spiro atoms. The average molecular weight is 382 g/mol. The van der Waals surface area contributed by atoms with Gasteiger partial charge in [-0.2, -0.15) is 0 Å². The Bertz CT molecular complexity index is 427. The summed E-state index contributed by atoms with van der Waals surface area (Å²) in [6, 6.07) is -1.57. The molecule has 0 bridgehead atoms. The number of halogens is 1. The molecule has 0 radical (unpaired) electrons. The number of hydrogen-bond donors (Lipinski definition) is 3. The molecular weight excluding hydrogens is 352 g/mol. The quantitative estimate of drug-likeness (QED) is 0.543. The van der Waals surface area contributed by atoms with Crippen molar-refractivity contribution in [2.75, 3.05) is 0 Å². The number of nitrogens with one attached hydrogen (secondary N) is 1. The molecule has 0 aromatic rings. The summed E-state index contributed by atoms with van der Waals surface area (Å²) in [5.74, 6) is -2.46. The SMILES string of the molecule is CC(=O)Cl.CC[C@H](C)[C@H](N)C(=O)[O-].CC[C@H](C)[C@H](NC(C)=O)C(=O)O. The van der Waals surface area contributed by atoms with E-state index in [0.717, 1.165) is 12.8 Å². The van der Waals surface area contributed by atoms with E-state index in [2.05, 4.69) is 16.9 Å². The Hall–Kier alpha value is -1.67. The van der Waals surface area contributed by atoms with Crippen molar-refractivity contribution in [2.45, 2.75) is 66.5 Å². The van der Waals surface area contributed by atoms with E-state index >= 15 is 0 Å². The first kappa shape index (κ1) is 28.1. The molecule has 148 valence electrons. The fraction of sp³-hybridized carbons (Fsp3) is 0.750. The van der Waals surface area contributed by atoms with Gasteiger partial charge in [-0.3, -0.25) is 9.59 Å². The normalized spacial score (nSPS) is 14.2. The summed E-state index contributed by atoms with van der Waals surface area (Å²) >= 11 is 4.64. The maximum absolute atomic E-state index is 10.6. The lowest BCUT2D eigenvalue weighted by Crippen LogP contribution is -2.45. The van der Waals surface area contributed by atoms with Gasteiger partial charge in [0, 0.05) is 19.9 Å². The molecule has 1 amide bonds. The third kappa shape index (κ3) is 18.5. The summed E-state index contributed by atoms with van der Waals surface area (Å²) < 4.78 is 0. The Morgan fingerprint density at radius 1 is 1.08 bits per heavy atom. The Balaban J connectivity index is -0.000000328. The number of carboxylic acids is 2. The summed E-state index contributed by atoms with van der Waals surface area (Å²) in [6.45, 7) is 9.99. The largest absolute Gasteiger partial charge is 0.548 e. The lowest BCUT2D eigenvalue weighted by Gasteiger charge is -2.18. The molecule has 8 nitrogen and oxygen atoms in total. The molecule has 0 heterocycles. The molecule has 0 saturated carbocycles. The molecule has 9 heteroatoms. The van der Waals surface area contributed by atoms with E-state index in [0.29, 0.717) is 0 Å². The Labute approximate surface area is 154 Å². The fourth-order valence-corrected chi connectivity index (χ4v) is 1.39. The predicted octanol–water partition coefficient (Wildman–Crippen LogP) is 0.503. The molecule has 0 aliphatic rings. The van der Waals surface area contributed by atoms with Crippen LogP contribution in [0, 0.1) is 11.8 Å². The number of rotatable bonds is 7. The Morgan fingerprint density at radius 3 is 1.60 bits per heavy atom. The lowest BCUT2D eigenvalue weighted by molar-refractivity contribution is -0.308. The summed E-state index contributed by atoms with van der Waals surface area (Å²) in [6.07, 6.45) is 1.51. The van der Waals surface area contributed by atoms with Crippen molar-refractivity contribution < 1.29 is 29.4 Å². The minimum atomic E-state index is -1.16. The molecule has 0 aliphatic carbocycles. The summed E-state index contributed by atoms with van der Waals surface area (Å²) in [7, 11) is 0. The number of carbonyl (C=O) groups is 4. The highest BCUT2D eigenvalue weighted by molar-refractivity contribution is 6.62. The van der Waals surface area contributed by atoms with Gasteiger partial charge in [0.2, 0.25) is 11.1 Å². The second kappa shape index (κ2) is 15.8. The topological polar surface area (TPSA) is 150 Å². The Morgan fingerprint density at radius 2 is 1.44 bits per heavy atom. The molecule has 0 fully saturated rings. The molecule has 0 unspecified atom stereocenters. The number of aliphatic carboxylic acids is 2. The van der Waals surface area contributed by atoms with Crippen LogP contribution < -0.4 is 16.2 Å². The molecule has 0 aromatic heterocycles. The second-order valence-electron chi connectivity index (χ2n) is 5.60. The minimum Gasteiger partial charge on any atom is -0.548 e. The van der Waals surface area contributed by atoms with Gasteiger partial charge in [0.05, 0.1) is 5.97 Å². The molecule has 0 aromatic carbocycles. The molecular formula is C16H30ClN2O6-. The van der Waals surface area contributed by atoms with Crippen LogP contribution in [0.3, 0.4) is 0 Å². The van der Waals surface area contributed by atoms with Crippen LogP contribution in [0.4, 0.5) is 0 Å². The first-order chi connectivity index (χ1) is 11.3. The average Bonchev–Trinajstić information content (AvgIpc) is 2.49. The van der Waals surface area contributed by atoms with Crippen LogP contribution in [-0.4, -0.2) is 40.3 Å². The van der Waals surface area contributed by atoms with Crippen LogP contribution in [0.15, 0.2) is 0 Å². The predicted molar refractivity (Wildman–Crippen MR) is 93.7 cm³/mol. The maximum atomic E-state index is 10.6. The van der Waals surface area contributed by atoms with Gasteiger partial charge in [0.15, 0.2) is 0 Å². The molecule has 0 rings (SSSR count). The van der Waals surface area contributed by atoms with Crippen molar-refractivity contribution >= 4 is 34.7 Å². The first-order valence-corrected chi connectivity index (χ1v) is 8.31. The third-order valence-corrected chi connectivity index (χ3v) is 3.37. The van der Waals surface area contributed by atoms with E-state index in [1.54, 1.807) is 13.8 Å². The van der Waals surface area contributed by atoms with Gasteiger partial charge in [-0.05, 0) is 23.4 Å². The summed E-state index contributed by atoms with van der Waals surface area (Å²) in [4.78, 5) is 40.5. The highest BCUT2D eigenvalue weighted by Gasteiger charge is 2.23. The van der Waals surface area contributed by atoms with Gasteiger partial charge in [-0.25, -0.2) is 4.79 Å². The van der Waals surface area contributed by atoms with E-state index in [1.807, 2.05) is 13.8 Å². The van der Waals surface area contributed by atoms with Gasteiger partial charge < -0.3 is 26.1 Å². The van der Waals surface area contributed by atoms with Crippen LogP contribution in [0.2, 0.25) is 0 Å². The molecule has 25 heavy (non-hydrogen) atoms. The van der Waals surface area contributed by atoms with Gasteiger partial charge in [0.1, 0.15) is 6.04 Å². The van der Waals surface area contributed by atoms with Crippen molar-refractivity contribution in [3.8, 4) is 0 Å². The van der Waals surface area contributed by atoms with E-state index in [-0.39, 0.29) is 23.0 Å². The fourth-order valence-electron chi connectivity index (χ4n) is 1.39. The minimum absolute atomic E-state index is 0.00926. The van der Waals surface area contributed by atoms with E-state index in [9.17, 15) is 24.3 Å². The zero-order valence-corrected chi connectivity index (χ0v) is 16.4. The molecule has 0 aliphatic heterocycles. The van der Waals surface area contributed by atoms with E-state index in [1.165, 1.54) is 13.8 Å². The number of carboxylic acid groups (broad SMARTS) is 2. The van der Waals surface area contributed by atoms with E-state index < -0.39 is 24.0 Å². The molecule has 4 atom stereocenters. The van der Waals surface area contributed by atoms with Crippen LogP contribution >= 0.6 is 11.6 Å². The van der Waals surface area contributed by atoms with Crippen LogP contribution in [0.25, 0.3) is 0 Å². The van der Waals surface area contributed by atoms with Gasteiger partial charge in [-0.15, -0.1) is 0 Å². The smallest absolute Gasteiger partial charge is 0.326 e. The van der Waals surface area contributed by atoms with Crippen molar-refractivity contribution in [2.24, 2.45) is 17.6 Å². The van der Waals surface area contributed by atoms with Crippen LogP contribution in [-0.2, 0) is 19.2 Å². The van der Waals surface area contributed by atoms with E-state index in [4.69, 9.17) is 10.8 Å². The monoisotopic (exact) mass is 381 g/mol. The number of nitrogens with two attached hydrogens (primary N) is 1. The second-order valence-corrected chi connectivity index (χ2v) is 6.13. The lowest BCUT2D eigenvalue weighted by atomic mass is 9.99. The van der Waals surface area contributed by atoms with Gasteiger partial charge in [0.25, 0.3) is 0 Å². The van der Waals surface area contributed by atoms with Crippen molar-refractivity contribution in [3.63, 3.8) is 0 Å². The zero-order chi connectivity index (χ0) is 20.7. The van der Waals surface area contributed by atoms with Gasteiger partial charge in [-0.1, -0.05) is 40.5 Å². The van der Waals surface area contributed by atoms with Crippen molar-refractivity contribution in [3.05, 3.63) is 0 Å². The maximum Gasteiger partial charge on any atom is 0.326 e. The third-order valence-electron chi connectivity index (χ3n) is 3.37. The van der Waals surface area contributed by atoms with Gasteiger partial charge >= 0.3 is 5.97 Å². The van der Waals surface area contributed by atoms with Crippen LogP contribution in [0.1, 0.15) is 54.4 Å². The van der Waals surface area contributed by atoms with Crippen LogP contribution in [0.5, 0.6) is 0 Å². The van der Waals surface area contributed by atoms with Crippen molar-refractivity contribution in [1.82, 2.24) is 5.32 Å². The zero-order valence-electron chi connectivity index (χ0n) is 15.7. The standard InChI is InChI=1S/C8H15NO3.C6H13NO2.C2H3ClO/c1-4-5(2)7(8(11)12)9-6(3)10;1-3-4(2)5(7)6(8)9;1-2(3)4/h5,7H,4H2,1-3H3,(H,9,10)(H,11,12);4-5H,3,7H2,1-2H3,(H,8,9);1H3/p-1/t5-,7-;4-,5-;/m00./s1.